The Balaban J connectivity index is 2.06. The Morgan fingerprint density at radius 1 is 1.50 bits per heavy atom. The van der Waals surface area contributed by atoms with Crippen molar-refractivity contribution in [3.05, 3.63) is 29.6 Å². The summed E-state index contributed by atoms with van der Waals surface area (Å²) in [5, 5.41) is 12.4. The van der Waals surface area contributed by atoms with Gasteiger partial charge in [-0.05, 0) is 18.6 Å². The van der Waals surface area contributed by atoms with E-state index < -0.39 is 0 Å². The Bertz CT molecular complexity index is 428. The van der Waals surface area contributed by atoms with Crippen LogP contribution in [0.25, 0.3) is 0 Å². The Hall–Kier alpha value is -1.17. The highest BCUT2D eigenvalue weighted by molar-refractivity contribution is 5.55. The van der Waals surface area contributed by atoms with Crippen LogP contribution in [-0.4, -0.2) is 45.1 Å². The van der Waals surface area contributed by atoms with E-state index in [-0.39, 0.29) is 12.4 Å². The summed E-state index contributed by atoms with van der Waals surface area (Å²) in [6.45, 7) is 3.67. The van der Waals surface area contributed by atoms with Crippen LogP contribution in [0.4, 0.5) is 10.1 Å². The number of nitrogens with zero attached hydrogens (tertiary/aromatic N) is 1. The molecule has 4 nitrogen and oxygen atoms in total. The van der Waals surface area contributed by atoms with Crippen molar-refractivity contribution in [1.29, 1.82) is 0 Å². The first-order chi connectivity index (χ1) is 9.76. The Morgan fingerprint density at radius 3 is 3.05 bits per heavy atom. The molecule has 0 radical (unpaired) electrons. The van der Waals surface area contributed by atoms with Gasteiger partial charge in [-0.25, -0.2) is 4.39 Å². The van der Waals surface area contributed by atoms with Gasteiger partial charge in [0.05, 0.1) is 6.61 Å². The van der Waals surface area contributed by atoms with Crippen LogP contribution >= 0.6 is 0 Å². The maximum atomic E-state index is 14.0. The molecule has 112 valence electrons. The molecule has 0 bridgehead atoms. The molecule has 1 aromatic rings. The van der Waals surface area contributed by atoms with Crippen molar-refractivity contribution >= 4 is 5.69 Å². The average molecular weight is 282 g/mol. The lowest BCUT2D eigenvalue weighted by atomic mass is 10.1. The first-order valence-corrected chi connectivity index (χ1v) is 7.09. The number of benzene rings is 1. The first-order valence-electron chi connectivity index (χ1n) is 7.09. The van der Waals surface area contributed by atoms with Gasteiger partial charge in [0.2, 0.25) is 0 Å². The largest absolute Gasteiger partial charge is 0.396 e. The topological polar surface area (TPSA) is 44.7 Å². The quantitative estimate of drug-likeness (QED) is 0.742. The van der Waals surface area contributed by atoms with E-state index in [2.05, 4.69) is 10.2 Å². The van der Waals surface area contributed by atoms with Gasteiger partial charge in [-0.3, -0.25) is 0 Å². The predicted octanol–water partition coefficient (Wildman–Crippen LogP) is 1.38. The molecular weight excluding hydrogens is 259 g/mol. The minimum Gasteiger partial charge on any atom is -0.396 e. The van der Waals surface area contributed by atoms with Crippen LogP contribution in [0.15, 0.2) is 18.2 Å². The SMILES string of the molecule is COCCNCc1c(F)cccc1N1CCC(CO)C1. The molecular formula is C15H23FN2O2. The molecule has 1 aliphatic heterocycles. The van der Waals surface area contributed by atoms with E-state index in [4.69, 9.17) is 4.74 Å². The van der Waals surface area contributed by atoms with E-state index in [1.165, 1.54) is 6.07 Å². The summed E-state index contributed by atoms with van der Waals surface area (Å²) in [5.41, 5.74) is 1.63. The summed E-state index contributed by atoms with van der Waals surface area (Å²) in [5.74, 6) is 0.118. The Kier molecular flexibility index (Phi) is 5.76. The number of aliphatic hydroxyl groups is 1. The van der Waals surface area contributed by atoms with Gasteiger partial charge < -0.3 is 20.1 Å². The van der Waals surface area contributed by atoms with Crippen molar-refractivity contribution in [2.45, 2.75) is 13.0 Å². The van der Waals surface area contributed by atoms with Crippen LogP contribution in [-0.2, 0) is 11.3 Å². The molecule has 1 aromatic carbocycles. The highest BCUT2D eigenvalue weighted by atomic mass is 19.1. The third kappa shape index (κ3) is 3.69. The first kappa shape index (κ1) is 15.2. The van der Waals surface area contributed by atoms with Gasteiger partial charge in [0.25, 0.3) is 0 Å². The average Bonchev–Trinajstić information content (AvgIpc) is 2.93. The zero-order valence-corrected chi connectivity index (χ0v) is 11.9. The van der Waals surface area contributed by atoms with Gasteiger partial charge in [-0.15, -0.1) is 0 Å². The molecule has 0 amide bonds. The minimum absolute atomic E-state index is 0.181. The number of anilines is 1. The molecule has 1 heterocycles. The number of hydrogen-bond donors (Lipinski definition) is 2. The van der Waals surface area contributed by atoms with Crippen LogP contribution in [0, 0.1) is 11.7 Å². The van der Waals surface area contributed by atoms with Crippen molar-refractivity contribution in [2.75, 3.05) is 44.9 Å². The smallest absolute Gasteiger partial charge is 0.129 e. The van der Waals surface area contributed by atoms with Gasteiger partial charge in [0, 0.05) is 57.1 Å². The van der Waals surface area contributed by atoms with Gasteiger partial charge in [0.1, 0.15) is 5.82 Å². The summed E-state index contributed by atoms with van der Waals surface area (Å²) < 4.78 is 19.0. The maximum Gasteiger partial charge on any atom is 0.129 e. The number of aliphatic hydroxyl groups excluding tert-OH is 1. The molecule has 5 heteroatoms. The molecule has 2 N–H and O–H groups in total. The number of nitrogens with one attached hydrogen (secondary N) is 1. The van der Waals surface area contributed by atoms with E-state index in [1.54, 1.807) is 13.2 Å². The Labute approximate surface area is 119 Å². The molecule has 20 heavy (non-hydrogen) atoms. The van der Waals surface area contributed by atoms with Gasteiger partial charge >= 0.3 is 0 Å². The van der Waals surface area contributed by atoms with Crippen molar-refractivity contribution in [1.82, 2.24) is 5.32 Å². The third-order valence-corrected chi connectivity index (χ3v) is 3.76. The summed E-state index contributed by atoms with van der Waals surface area (Å²) in [6.07, 6.45) is 0.962. The fourth-order valence-electron chi connectivity index (χ4n) is 2.61. The van der Waals surface area contributed by atoms with Gasteiger partial charge in [0.15, 0.2) is 0 Å². The second-order valence-corrected chi connectivity index (χ2v) is 5.19. The summed E-state index contributed by atoms with van der Waals surface area (Å²) in [4.78, 5) is 2.16. The highest BCUT2D eigenvalue weighted by Crippen LogP contribution is 2.28. The third-order valence-electron chi connectivity index (χ3n) is 3.76. The van der Waals surface area contributed by atoms with Crippen molar-refractivity contribution in [2.24, 2.45) is 5.92 Å². The number of hydrogen-bond acceptors (Lipinski definition) is 4. The van der Waals surface area contributed by atoms with Gasteiger partial charge in [-0.1, -0.05) is 6.07 Å². The fourth-order valence-corrected chi connectivity index (χ4v) is 2.61. The highest BCUT2D eigenvalue weighted by Gasteiger charge is 2.24. The summed E-state index contributed by atoms with van der Waals surface area (Å²) >= 11 is 0. The van der Waals surface area contributed by atoms with Crippen LogP contribution in [0.5, 0.6) is 0 Å². The van der Waals surface area contributed by atoms with E-state index >= 15 is 0 Å². The molecule has 1 atom stereocenters. The Morgan fingerprint density at radius 2 is 2.35 bits per heavy atom. The molecule has 2 rings (SSSR count). The van der Waals surface area contributed by atoms with Crippen LogP contribution in [0.1, 0.15) is 12.0 Å². The fraction of sp³-hybridized carbons (Fsp3) is 0.600. The number of rotatable bonds is 7. The molecule has 1 saturated heterocycles. The van der Waals surface area contributed by atoms with Gasteiger partial charge in [-0.2, -0.15) is 0 Å². The van der Waals surface area contributed by atoms with Crippen molar-refractivity contribution < 1.29 is 14.2 Å². The second kappa shape index (κ2) is 7.57. The maximum absolute atomic E-state index is 14.0. The molecule has 0 aromatic heterocycles. The van der Waals surface area contributed by atoms with E-state index in [0.717, 1.165) is 25.2 Å². The lowest BCUT2D eigenvalue weighted by Crippen LogP contribution is -2.25. The molecule has 0 aliphatic carbocycles. The number of halogens is 1. The zero-order chi connectivity index (χ0) is 14.4. The van der Waals surface area contributed by atoms with Crippen molar-refractivity contribution in [3.8, 4) is 0 Å². The normalized spacial score (nSPS) is 18.8. The summed E-state index contributed by atoms with van der Waals surface area (Å²) in [7, 11) is 1.65. The standard InChI is InChI=1S/C15H23FN2O2/c1-20-8-6-17-9-13-14(16)3-2-4-15(13)18-7-5-12(10-18)11-19/h2-4,12,17,19H,5-11H2,1H3. The molecule has 1 unspecified atom stereocenters. The number of ether oxygens (including phenoxy) is 1. The monoisotopic (exact) mass is 282 g/mol. The minimum atomic E-state index is -0.181. The van der Waals surface area contributed by atoms with Crippen LogP contribution in [0.2, 0.25) is 0 Å². The van der Waals surface area contributed by atoms with Crippen molar-refractivity contribution in [3.63, 3.8) is 0 Å². The van der Waals surface area contributed by atoms with E-state index in [1.807, 2.05) is 6.07 Å². The van der Waals surface area contributed by atoms with Crippen LogP contribution < -0.4 is 10.2 Å². The molecule has 1 aliphatic rings. The summed E-state index contributed by atoms with van der Waals surface area (Å²) in [6, 6.07) is 5.20. The van der Waals surface area contributed by atoms with E-state index in [0.29, 0.717) is 31.2 Å². The predicted molar refractivity (Wildman–Crippen MR) is 77.4 cm³/mol. The number of methoxy groups -OCH3 is 1. The van der Waals surface area contributed by atoms with Crippen LogP contribution in [0.3, 0.4) is 0 Å². The lowest BCUT2D eigenvalue weighted by molar-refractivity contribution is 0.199. The second-order valence-electron chi connectivity index (χ2n) is 5.19. The lowest BCUT2D eigenvalue weighted by Gasteiger charge is -2.22. The molecule has 0 saturated carbocycles. The van der Waals surface area contributed by atoms with E-state index in [9.17, 15) is 9.50 Å². The zero-order valence-electron chi connectivity index (χ0n) is 11.9. The molecule has 0 spiro atoms. The molecule has 1 fully saturated rings.